The first-order chi connectivity index (χ1) is 9.02. The Bertz CT molecular complexity index is 318. The zero-order valence-electron chi connectivity index (χ0n) is 12.6. The van der Waals surface area contributed by atoms with Crippen LogP contribution in [0, 0.1) is 23.7 Å². The minimum atomic E-state index is -0.587. The summed E-state index contributed by atoms with van der Waals surface area (Å²) in [6, 6.07) is 0.260. The number of hydrogen-bond acceptors (Lipinski definition) is 2. The van der Waals surface area contributed by atoms with Crippen LogP contribution in [0.5, 0.6) is 0 Å². The Morgan fingerprint density at radius 1 is 1.32 bits per heavy atom. The van der Waals surface area contributed by atoms with Crippen LogP contribution in [0.25, 0.3) is 0 Å². The van der Waals surface area contributed by atoms with Crippen LogP contribution in [-0.4, -0.2) is 35.6 Å². The Morgan fingerprint density at radius 3 is 2.53 bits per heavy atom. The molecule has 5 atom stereocenters. The van der Waals surface area contributed by atoms with E-state index in [2.05, 4.69) is 25.8 Å². The van der Waals surface area contributed by atoms with Crippen LogP contribution < -0.4 is 0 Å². The van der Waals surface area contributed by atoms with E-state index in [0.29, 0.717) is 0 Å². The van der Waals surface area contributed by atoms with Gasteiger partial charge in [0.25, 0.3) is 0 Å². The molecule has 3 heteroatoms. The first-order valence-electron chi connectivity index (χ1n) is 7.96. The average molecular weight is 267 g/mol. The van der Waals surface area contributed by atoms with Gasteiger partial charge >= 0.3 is 5.97 Å². The number of hydrogen-bond donors (Lipinski definition) is 1. The lowest BCUT2D eigenvalue weighted by Gasteiger charge is -2.39. The van der Waals surface area contributed by atoms with Crippen molar-refractivity contribution in [3.63, 3.8) is 0 Å². The average Bonchev–Trinajstić information content (AvgIpc) is 3.04. The molecular weight excluding hydrogens is 238 g/mol. The van der Waals surface area contributed by atoms with E-state index >= 15 is 0 Å². The third-order valence-electron chi connectivity index (χ3n) is 5.30. The molecule has 2 rings (SSSR count). The topological polar surface area (TPSA) is 40.5 Å². The number of aliphatic carboxylic acids is 1. The fourth-order valence-electron chi connectivity index (χ4n) is 3.84. The molecule has 0 aromatic heterocycles. The minimum Gasteiger partial charge on any atom is -0.481 e. The molecular formula is C16H29NO2. The summed E-state index contributed by atoms with van der Waals surface area (Å²) in [5.41, 5.74) is 0. The molecule has 0 aliphatic heterocycles. The van der Waals surface area contributed by atoms with E-state index in [1.54, 1.807) is 0 Å². The molecule has 19 heavy (non-hydrogen) atoms. The Labute approximate surface area is 117 Å². The van der Waals surface area contributed by atoms with E-state index in [-0.39, 0.29) is 12.0 Å². The van der Waals surface area contributed by atoms with E-state index < -0.39 is 5.97 Å². The summed E-state index contributed by atoms with van der Waals surface area (Å²) in [5.74, 6) is 1.67. The summed E-state index contributed by atoms with van der Waals surface area (Å²) < 4.78 is 0. The van der Waals surface area contributed by atoms with E-state index in [0.717, 1.165) is 43.6 Å². The first-order valence-corrected chi connectivity index (χ1v) is 7.96. The van der Waals surface area contributed by atoms with Crippen molar-refractivity contribution in [2.75, 3.05) is 13.6 Å². The standard InChI is InChI=1S/C16H29NO2/c1-4-5-12-6-7-14(16(18)19)15(9-12)17(3)10-13-8-11(13)2/h11-15H,4-10H2,1-3H3,(H,18,19). The summed E-state index contributed by atoms with van der Waals surface area (Å²) in [6.45, 7) is 5.62. The molecule has 5 unspecified atom stereocenters. The van der Waals surface area contributed by atoms with Crippen LogP contribution in [0.3, 0.4) is 0 Å². The molecule has 3 nitrogen and oxygen atoms in total. The van der Waals surface area contributed by atoms with Gasteiger partial charge in [-0.2, -0.15) is 0 Å². The Kier molecular flexibility index (Phi) is 4.88. The van der Waals surface area contributed by atoms with Crippen LogP contribution in [0.15, 0.2) is 0 Å². The predicted octanol–water partition coefficient (Wildman–Crippen LogP) is 3.24. The lowest BCUT2D eigenvalue weighted by molar-refractivity contribution is -0.146. The first kappa shape index (κ1) is 14.8. The van der Waals surface area contributed by atoms with Gasteiger partial charge in [0, 0.05) is 12.6 Å². The van der Waals surface area contributed by atoms with Gasteiger partial charge in [-0.15, -0.1) is 0 Å². The zero-order valence-corrected chi connectivity index (χ0v) is 12.6. The van der Waals surface area contributed by atoms with Crippen molar-refractivity contribution < 1.29 is 9.90 Å². The molecule has 1 N–H and O–H groups in total. The van der Waals surface area contributed by atoms with Gasteiger partial charge in [0.15, 0.2) is 0 Å². The van der Waals surface area contributed by atoms with Gasteiger partial charge in [0.2, 0.25) is 0 Å². The quantitative estimate of drug-likeness (QED) is 0.803. The fourth-order valence-corrected chi connectivity index (χ4v) is 3.84. The monoisotopic (exact) mass is 267 g/mol. The van der Waals surface area contributed by atoms with Crippen molar-refractivity contribution in [2.24, 2.45) is 23.7 Å². The number of carbonyl (C=O) groups is 1. The molecule has 2 aliphatic rings. The van der Waals surface area contributed by atoms with E-state index in [1.807, 2.05) is 0 Å². The van der Waals surface area contributed by atoms with Crippen molar-refractivity contribution in [3.8, 4) is 0 Å². The van der Waals surface area contributed by atoms with Crippen LogP contribution >= 0.6 is 0 Å². The molecule has 0 saturated heterocycles. The maximum absolute atomic E-state index is 11.5. The van der Waals surface area contributed by atoms with Gasteiger partial charge in [-0.05, 0) is 50.5 Å². The third-order valence-corrected chi connectivity index (χ3v) is 5.30. The Balaban J connectivity index is 1.95. The van der Waals surface area contributed by atoms with Gasteiger partial charge < -0.3 is 10.0 Å². The highest BCUT2D eigenvalue weighted by molar-refractivity contribution is 5.71. The Hall–Kier alpha value is -0.570. The van der Waals surface area contributed by atoms with Gasteiger partial charge in [0.1, 0.15) is 0 Å². The second-order valence-corrected chi connectivity index (χ2v) is 6.89. The van der Waals surface area contributed by atoms with Crippen molar-refractivity contribution in [2.45, 2.75) is 58.4 Å². The molecule has 0 heterocycles. The molecule has 0 aromatic rings. The Morgan fingerprint density at radius 2 is 2.00 bits per heavy atom. The zero-order chi connectivity index (χ0) is 14.0. The maximum Gasteiger partial charge on any atom is 0.308 e. The van der Waals surface area contributed by atoms with Gasteiger partial charge in [0.05, 0.1) is 5.92 Å². The highest BCUT2D eigenvalue weighted by Crippen LogP contribution is 2.40. The summed E-state index contributed by atoms with van der Waals surface area (Å²) in [4.78, 5) is 13.8. The largest absolute Gasteiger partial charge is 0.481 e. The molecule has 2 saturated carbocycles. The smallest absolute Gasteiger partial charge is 0.308 e. The lowest BCUT2D eigenvalue weighted by Crippen LogP contribution is -2.46. The minimum absolute atomic E-state index is 0.146. The fraction of sp³-hybridized carbons (Fsp3) is 0.938. The molecule has 110 valence electrons. The van der Waals surface area contributed by atoms with Crippen LogP contribution in [0.2, 0.25) is 0 Å². The summed E-state index contributed by atoms with van der Waals surface area (Å²) in [7, 11) is 2.14. The number of nitrogens with zero attached hydrogens (tertiary/aromatic N) is 1. The number of rotatable bonds is 6. The molecule has 2 fully saturated rings. The van der Waals surface area contributed by atoms with Crippen molar-refractivity contribution in [1.29, 1.82) is 0 Å². The van der Waals surface area contributed by atoms with Crippen molar-refractivity contribution >= 4 is 5.97 Å². The summed E-state index contributed by atoms with van der Waals surface area (Å²) in [6.07, 6.45) is 6.87. The molecule has 0 amide bonds. The highest BCUT2D eigenvalue weighted by atomic mass is 16.4. The molecule has 0 bridgehead atoms. The van der Waals surface area contributed by atoms with Gasteiger partial charge in [-0.25, -0.2) is 0 Å². The third kappa shape index (κ3) is 3.71. The molecule has 0 radical (unpaired) electrons. The van der Waals surface area contributed by atoms with Crippen LogP contribution in [0.4, 0.5) is 0 Å². The van der Waals surface area contributed by atoms with Crippen LogP contribution in [-0.2, 0) is 4.79 Å². The number of carboxylic acids is 1. The predicted molar refractivity (Wildman–Crippen MR) is 77.1 cm³/mol. The van der Waals surface area contributed by atoms with E-state index in [4.69, 9.17) is 0 Å². The highest BCUT2D eigenvalue weighted by Gasteiger charge is 2.40. The van der Waals surface area contributed by atoms with Crippen LogP contribution in [0.1, 0.15) is 52.4 Å². The normalized spacial score (nSPS) is 38.4. The van der Waals surface area contributed by atoms with Crippen molar-refractivity contribution in [1.82, 2.24) is 4.90 Å². The van der Waals surface area contributed by atoms with E-state index in [9.17, 15) is 9.90 Å². The molecule has 0 spiro atoms. The second kappa shape index (κ2) is 6.25. The van der Waals surface area contributed by atoms with Gasteiger partial charge in [-0.3, -0.25) is 4.79 Å². The van der Waals surface area contributed by atoms with Crippen molar-refractivity contribution in [3.05, 3.63) is 0 Å². The summed E-state index contributed by atoms with van der Waals surface area (Å²) >= 11 is 0. The van der Waals surface area contributed by atoms with Gasteiger partial charge in [-0.1, -0.05) is 26.7 Å². The second-order valence-electron chi connectivity index (χ2n) is 6.89. The maximum atomic E-state index is 11.5. The van der Waals surface area contributed by atoms with E-state index in [1.165, 1.54) is 19.3 Å². The summed E-state index contributed by atoms with van der Waals surface area (Å²) in [5, 5.41) is 9.45. The molecule has 2 aliphatic carbocycles. The number of carboxylic acid groups (broad SMARTS) is 1. The molecule has 0 aromatic carbocycles. The lowest BCUT2D eigenvalue weighted by atomic mass is 9.76. The SMILES string of the molecule is CCCC1CCC(C(=O)O)C(N(C)CC2CC2C)C1.